The first-order valence-corrected chi connectivity index (χ1v) is 33.1. The van der Waals surface area contributed by atoms with Gasteiger partial charge in [-0.05, 0) is 132 Å². The van der Waals surface area contributed by atoms with Crippen molar-refractivity contribution in [2.75, 3.05) is 41.1 Å². The Balaban J connectivity index is 0.00000645. The number of aromatic amines is 5. The zero-order valence-corrected chi connectivity index (χ0v) is 55.7. The zero-order valence-electron chi connectivity index (χ0n) is 45.3. The molecule has 0 aliphatic rings. The Bertz CT molecular complexity index is 4870. The number of nitrogens with one attached hydrogen (secondary N) is 7. The van der Waals surface area contributed by atoms with Crippen molar-refractivity contribution in [2.24, 2.45) is 25.0 Å². The summed E-state index contributed by atoms with van der Waals surface area (Å²) in [4.78, 5) is 60.8. The molecule has 464 valence electrons. The van der Waals surface area contributed by atoms with Gasteiger partial charge in [-0.3, -0.25) is 38.1 Å². The number of carbonyl (C=O) groups is 1. The number of amides is 1. The Morgan fingerprint density at radius 1 is 0.500 bits per heavy atom. The number of aromatic nitrogens is 9. The van der Waals surface area contributed by atoms with Crippen LogP contribution in [0.25, 0.3) is 0 Å². The van der Waals surface area contributed by atoms with E-state index in [4.69, 9.17) is 28.9 Å². The first-order valence-electron chi connectivity index (χ1n) is 23.6. The van der Waals surface area contributed by atoms with Crippen molar-refractivity contribution in [3.05, 3.63) is 153 Å². The molecule has 0 aliphatic heterocycles. The topological polar surface area (TPSA) is 575 Å². The van der Waals surface area contributed by atoms with Gasteiger partial charge in [0.05, 0.1) is 67.1 Å². The molecule has 1 amide bonds. The third-order valence-corrected chi connectivity index (χ3v) is 17.2. The maximum absolute atomic E-state index is 13.3. The minimum atomic E-state index is -5.41. The molecule has 0 fully saturated rings. The van der Waals surface area contributed by atoms with Crippen LogP contribution in [0.3, 0.4) is 0 Å². The average Bonchev–Trinajstić information content (AvgIpc) is 0.940. The van der Waals surface area contributed by atoms with Gasteiger partial charge in [0.25, 0.3) is 5.91 Å². The number of sulfone groups is 2. The van der Waals surface area contributed by atoms with Crippen molar-refractivity contribution in [3.63, 3.8) is 0 Å². The fourth-order valence-corrected chi connectivity index (χ4v) is 11.6. The maximum Gasteiger partial charge on any atom is 1.00 e. The van der Waals surface area contributed by atoms with Gasteiger partial charge < -0.3 is 34.6 Å². The predicted octanol–water partition coefficient (Wildman–Crippen LogP) is -5.73. The molecule has 0 radical (unpaired) electrons. The Labute approximate surface area is 561 Å². The number of nitrogens with zero attached hydrogens (tertiary/aromatic N) is 9. The Morgan fingerprint density at radius 3 is 1.24 bits per heavy atom. The van der Waals surface area contributed by atoms with E-state index in [1.807, 2.05) is 0 Å². The molecule has 3 heterocycles. The van der Waals surface area contributed by atoms with E-state index in [2.05, 4.69) is 88.8 Å². The molecular formula is C44H35Cl2N17Na2O19S6-2. The number of rotatable bonds is 21. The molecule has 0 spiro atoms. The predicted molar refractivity (Wildman–Crippen MR) is 298 cm³/mol. The van der Waals surface area contributed by atoms with Crippen molar-refractivity contribution in [1.29, 1.82) is 0 Å². The molecule has 0 bridgehead atoms. The first-order chi connectivity index (χ1) is 41.1. The van der Waals surface area contributed by atoms with Gasteiger partial charge in [0.15, 0.2) is 19.7 Å². The van der Waals surface area contributed by atoms with Crippen molar-refractivity contribution in [1.82, 2.24) is 44.9 Å². The first kappa shape index (κ1) is 72.3. The van der Waals surface area contributed by atoms with Crippen LogP contribution < -0.4 is 104 Å². The van der Waals surface area contributed by atoms with Crippen LogP contribution in [0.2, 0.25) is 10.6 Å². The van der Waals surface area contributed by atoms with E-state index in [1.165, 1.54) is 60.7 Å². The standard InChI is InChI=1S/C44H39Cl2N17O19S6.2Na/c45-36-55-38(48-25-5-11-29(12-6-25)83(65,66)19-17-81-87(75,76)77)59-42(57-36)52-31-15-9-27(21-33(31)85(69,70)71)50-40-61-41(63-44(62-40)54-35(64)23-1-3-24(47)4-2-23)51-28-10-16-32(34(22-28)86(72,73)74)53-43-58-37(46)56-39(60-43)49-26-7-13-30(14-8-26)84(67,68)20-18-82-88(78,79)80;;/h1-16,21-22H,17-20,47H2,(H,69,70,71)(H,72,73,74)(H,75,76,77)(H,78,79,80)(H2,48,52,55,57,59)(H2,49,53,56,58,60)(H3,50,51,54,61,62,63,64);;/q;2*+1/p-4. The summed E-state index contributed by atoms with van der Waals surface area (Å²) in [5.74, 6) is -3.10. The monoisotopic (exact) mass is 1410 g/mol. The number of hydrogen-bond donors (Lipinski definition) is 8. The smallest absolute Gasteiger partial charge is 0.744 e. The molecule has 0 unspecified atom stereocenters. The summed E-state index contributed by atoms with van der Waals surface area (Å²) in [6, 6.07) is 21.2. The van der Waals surface area contributed by atoms with Crippen LogP contribution in [0.5, 0.6) is 0 Å². The normalized spacial score (nSPS) is 13.1. The van der Waals surface area contributed by atoms with Crippen LogP contribution in [0.4, 0.5) is 51.7 Å². The molecule has 3 aromatic heterocycles. The molecule has 0 saturated carbocycles. The third kappa shape index (κ3) is 21.2. The summed E-state index contributed by atoms with van der Waals surface area (Å²) in [5, 5.41) is 4.72. The third-order valence-electron chi connectivity index (χ3n) is 10.8. The largest absolute Gasteiger partial charge is 1.00 e. The summed E-state index contributed by atoms with van der Waals surface area (Å²) in [5.41, 5.74) is 2.95. The minimum Gasteiger partial charge on any atom is -0.744 e. The van der Waals surface area contributed by atoms with Crippen molar-refractivity contribution in [3.8, 4) is 0 Å². The molecular weight excluding hydrogens is 1380 g/mol. The zero-order chi connectivity index (χ0) is 64.0. The van der Waals surface area contributed by atoms with Gasteiger partial charge in [-0.15, -0.1) is 0 Å². The molecule has 36 nitrogen and oxygen atoms in total. The summed E-state index contributed by atoms with van der Waals surface area (Å²) < 4.78 is 199. The second-order valence-electron chi connectivity index (χ2n) is 17.1. The Morgan fingerprint density at radius 2 is 0.878 bits per heavy atom. The molecule has 90 heavy (non-hydrogen) atoms. The average molecular weight is 1420 g/mol. The van der Waals surface area contributed by atoms with Crippen LogP contribution in [-0.4, -0.2) is 144 Å². The number of anilines is 5. The molecule has 9 N–H and O–H groups in total. The minimum absolute atomic E-state index is 0. The van der Waals surface area contributed by atoms with Gasteiger partial charge in [-0.25, -0.2) is 70.5 Å². The van der Waals surface area contributed by atoms with E-state index in [0.717, 1.165) is 48.5 Å². The Kier molecular flexibility index (Phi) is 23.8. The van der Waals surface area contributed by atoms with Crippen LogP contribution in [0, 0.1) is 0 Å². The number of carbonyl (C=O) groups excluding carboxylic acids is 1. The van der Waals surface area contributed by atoms with Gasteiger partial charge >= 0.3 is 59.1 Å². The van der Waals surface area contributed by atoms with E-state index in [9.17, 15) is 73.5 Å². The quantitative estimate of drug-likeness (QED) is 0.0144. The number of hydrogen-bond acceptors (Lipinski definition) is 30. The summed E-state index contributed by atoms with van der Waals surface area (Å²) >= 11 is 12.3. The Hall–Kier alpha value is -6.76. The van der Waals surface area contributed by atoms with Gasteiger partial charge in [-0.2, -0.15) is 24.9 Å². The van der Waals surface area contributed by atoms with Gasteiger partial charge in [-0.1, -0.05) is 0 Å². The van der Waals surface area contributed by atoms with Crippen LogP contribution >= 0.6 is 23.2 Å². The second-order valence-corrected chi connectivity index (χ2v) is 26.8. The molecule has 5 aromatic carbocycles. The van der Waals surface area contributed by atoms with Gasteiger partial charge in [0.2, 0.25) is 71.4 Å². The number of nitrogen functional groups attached to an aromatic ring is 1. The molecule has 46 heteroatoms. The molecule has 0 aliphatic carbocycles. The van der Waals surface area contributed by atoms with E-state index in [-0.39, 0.29) is 131 Å². The molecule has 8 aromatic rings. The fraction of sp³-hybridized carbons (Fsp3) is 0.0909. The molecule has 0 atom stereocenters. The second kappa shape index (κ2) is 29.7. The van der Waals surface area contributed by atoms with Crippen molar-refractivity contribution in [2.45, 2.75) is 19.6 Å². The van der Waals surface area contributed by atoms with E-state index >= 15 is 0 Å². The number of benzene rings is 5. The van der Waals surface area contributed by atoms with E-state index in [0.29, 0.717) is 5.69 Å². The van der Waals surface area contributed by atoms with Gasteiger partial charge in [0.1, 0.15) is 20.2 Å². The number of nitrogens with two attached hydrogens (primary N) is 1. The fourth-order valence-electron chi connectivity index (χ4n) is 7.03. The molecule has 8 rings (SSSR count). The SMILES string of the molecule is Nc1ccc(C(=O)N=c2[nH]c(=Nc3ccc(N=c4nc(Nc5ccc(S(=O)(=O)CCOS(=O)(=O)[O-])cc5)nc(Cl)[nH]4)c(S(=O)(=O)[O-])c3)[nH]c(=Nc3ccc(N=c4nc(Nc5ccc(S(=O)(=O)CCOS(=O)(=O)[O-])cc5)nc(Cl)[nH]4)c(S(=O)(=O)[O-])c3)[nH]2)cc1.[Na+].[Na+]. The van der Waals surface area contributed by atoms with E-state index in [1.54, 1.807) is 0 Å². The summed E-state index contributed by atoms with van der Waals surface area (Å²) in [6.07, 6.45) is 0. The maximum atomic E-state index is 13.3. The summed E-state index contributed by atoms with van der Waals surface area (Å²) in [6.45, 7) is -1.86. The summed E-state index contributed by atoms with van der Waals surface area (Å²) in [7, 11) is -29.3. The molecule has 0 saturated heterocycles. The van der Waals surface area contributed by atoms with Crippen LogP contribution in [-0.2, 0) is 69.1 Å². The van der Waals surface area contributed by atoms with Crippen molar-refractivity contribution < 1.29 is 141 Å². The van der Waals surface area contributed by atoms with Gasteiger partial charge in [0, 0.05) is 22.6 Å². The van der Waals surface area contributed by atoms with Crippen LogP contribution in [0.1, 0.15) is 10.4 Å². The van der Waals surface area contributed by atoms with Crippen molar-refractivity contribution >= 4 is 142 Å². The van der Waals surface area contributed by atoms with E-state index < -0.39 is 129 Å². The number of H-pyrrole nitrogens is 5. The number of halogens is 2. The van der Waals surface area contributed by atoms with Crippen LogP contribution in [0.15, 0.2) is 154 Å².